The average molecular weight is 504 g/mol. The Hall–Kier alpha value is -5.00. The molecule has 0 saturated heterocycles. The highest BCUT2D eigenvalue weighted by atomic mass is 16.5. The Morgan fingerprint density at radius 1 is 1.00 bits per heavy atom. The zero-order valence-electron chi connectivity index (χ0n) is 20.7. The lowest BCUT2D eigenvalue weighted by Gasteiger charge is -2.18. The monoisotopic (exact) mass is 503 g/mol. The molecule has 12 heteroatoms. The molecule has 4 rings (SSSR count). The standard InChI is InChI=1S/C25H25N7O5/c1-29-20-21(30(2)25(36)31(3)22(20)34)28-24(29)32(26-14-16-10-6-5-7-11-16)15-19(33)27-18-13-9-8-12-17(18)23(35)37-4/h5-14H,15H2,1-4H3,(H,27,33)/b26-14-. The molecule has 0 saturated carbocycles. The molecule has 1 N–H and O–H groups in total. The fraction of sp³-hybridized carbons (Fsp3) is 0.200. The van der Waals surface area contributed by atoms with Crippen molar-refractivity contribution < 1.29 is 14.3 Å². The molecule has 0 aliphatic heterocycles. The van der Waals surface area contributed by atoms with Crippen LogP contribution in [0.5, 0.6) is 0 Å². The van der Waals surface area contributed by atoms with E-state index in [-0.39, 0.29) is 34.9 Å². The molecule has 2 aromatic heterocycles. The third-order valence-corrected chi connectivity index (χ3v) is 5.73. The van der Waals surface area contributed by atoms with Gasteiger partial charge in [0, 0.05) is 21.1 Å². The van der Waals surface area contributed by atoms with Crippen LogP contribution >= 0.6 is 0 Å². The summed E-state index contributed by atoms with van der Waals surface area (Å²) in [6.07, 6.45) is 1.55. The number of hydrazone groups is 1. The molecule has 1 amide bonds. The van der Waals surface area contributed by atoms with Gasteiger partial charge in [0.15, 0.2) is 11.2 Å². The van der Waals surface area contributed by atoms with Crippen LogP contribution in [-0.4, -0.2) is 50.4 Å². The number of fused-ring (bicyclic) bond motifs is 1. The van der Waals surface area contributed by atoms with Crippen molar-refractivity contribution in [3.63, 3.8) is 0 Å². The third kappa shape index (κ3) is 4.89. The van der Waals surface area contributed by atoms with Gasteiger partial charge in [-0.1, -0.05) is 42.5 Å². The van der Waals surface area contributed by atoms with Crippen molar-refractivity contribution in [3.05, 3.63) is 86.6 Å². The van der Waals surface area contributed by atoms with E-state index in [0.717, 1.165) is 10.1 Å². The second-order valence-corrected chi connectivity index (χ2v) is 8.15. The number of hydrogen-bond acceptors (Lipinski definition) is 8. The number of aromatic nitrogens is 4. The Bertz CT molecular complexity index is 1630. The van der Waals surface area contributed by atoms with Crippen LogP contribution in [0.15, 0.2) is 69.3 Å². The molecule has 2 aromatic carbocycles. The van der Waals surface area contributed by atoms with Crippen LogP contribution in [0.2, 0.25) is 0 Å². The summed E-state index contributed by atoms with van der Waals surface area (Å²) in [7, 11) is 5.75. The first kappa shape index (κ1) is 25.1. The summed E-state index contributed by atoms with van der Waals surface area (Å²) in [5.41, 5.74) is 0.511. The summed E-state index contributed by atoms with van der Waals surface area (Å²) in [4.78, 5) is 54.9. The van der Waals surface area contributed by atoms with Gasteiger partial charge in [0.25, 0.3) is 5.56 Å². The fourth-order valence-electron chi connectivity index (χ4n) is 3.78. The van der Waals surface area contributed by atoms with Crippen molar-refractivity contribution in [1.29, 1.82) is 0 Å². The van der Waals surface area contributed by atoms with E-state index < -0.39 is 23.1 Å². The number of rotatable bonds is 7. The normalized spacial score (nSPS) is 11.1. The molecule has 0 atom stereocenters. The number of hydrogen-bond donors (Lipinski definition) is 1. The van der Waals surface area contributed by atoms with E-state index in [9.17, 15) is 19.2 Å². The molecule has 0 spiro atoms. The number of benzene rings is 2. The number of aryl methyl sites for hydroxylation is 2. The van der Waals surface area contributed by atoms with Crippen LogP contribution < -0.4 is 21.6 Å². The first-order valence-corrected chi connectivity index (χ1v) is 11.2. The summed E-state index contributed by atoms with van der Waals surface area (Å²) < 4.78 is 8.52. The van der Waals surface area contributed by atoms with Gasteiger partial charge in [0.05, 0.1) is 24.6 Å². The van der Waals surface area contributed by atoms with Crippen molar-refractivity contribution in [2.45, 2.75) is 0 Å². The van der Waals surface area contributed by atoms with E-state index in [2.05, 4.69) is 15.4 Å². The van der Waals surface area contributed by atoms with Gasteiger partial charge in [0.1, 0.15) is 6.54 Å². The van der Waals surface area contributed by atoms with E-state index >= 15 is 0 Å². The number of anilines is 2. The van der Waals surface area contributed by atoms with Crippen molar-refractivity contribution in [3.8, 4) is 0 Å². The first-order valence-electron chi connectivity index (χ1n) is 11.2. The Morgan fingerprint density at radius 3 is 2.38 bits per heavy atom. The molecule has 0 aliphatic rings. The fourth-order valence-corrected chi connectivity index (χ4v) is 3.78. The van der Waals surface area contributed by atoms with Crippen LogP contribution in [-0.2, 0) is 30.7 Å². The van der Waals surface area contributed by atoms with Gasteiger partial charge >= 0.3 is 11.7 Å². The summed E-state index contributed by atoms with van der Waals surface area (Å²) >= 11 is 0. The molecule has 4 aromatic rings. The predicted molar refractivity (Wildman–Crippen MR) is 139 cm³/mol. The van der Waals surface area contributed by atoms with Gasteiger partial charge in [0.2, 0.25) is 11.9 Å². The van der Waals surface area contributed by atoms with Crippen molar-refractivity contribution >= 4 is 40.9 Å². The minimum absolute atomic E-state index is 0.155. The number of para-hydroxylation sites is 1. The quantitative estimate of drug-likeness (QED) is 0.228. The Balaban J connectivity index is 1.76. The third-order valence-electron chi connectivity index (χ3n) is 5.73. The van der Waals surface area contributed by atoms with Crippen LogP contribution in [0, 0.1) is 0 Å². The predicted octanol–water partition coefficient (Wildman–Crippen LogP) is 1.24. The van der Waals surface area contributed by atoms with Crippen molar-refractivity contribution in [2.75, 3.05) is 24.0 Å². The summed E-state index contributed by atoms with van der Waals surface area (Å²) in [6.45, 7) is -0.315. The van der Waals surface area contributed by atoms with Gasteiger partial charge in [-0.2, -0.15) is 10.1 Å². The molecule has 2 heterocycles. The Kier molecular flexibility index (Phi) is 7.00. The maximum atomic E-state index is 13.1. The van der Waals surface area contributed by atoms with Gasteiger partial charge < -0.3 is 14.6 Å². The second-order valence-electron chi connectivity index (χ2n) is 8.15. The van der Waals surface area contributed by atoms with Gasteiger partial charge in [-0.05, 0) is 17.7 Å². The van der Waals surface area contributed by atoms with Crippen LogP contribution in [0.3, 0.4) is 0 Å². The SMILES string of the molecule is COC(=O)c1ccccc1NC(=O)CN(/N=C\c1ccccc1)c1nc2c(c(=O)n(C)c(=O)n2C)n1C. The number of esters is 1. The zero-order chi connectivity index (χ0) is 26.7. The lowest BCUT2D eigenvalue weighted by atomic mass is 10.2. The minimum atomic E-state index is -0.595. The highest BCUT2D eigenvalue weighted by Gasteiger charge is 2.23. The highest BCUT2D eigenvalue weighted by Crippen LogP contribution is 2.20. The number of nitrogens with zero attached hydrogens (tertiary/aromatic N) is 6. The highest BCUT2D eigenvalue weighted by molar-refractivity contribution is 6.02. The molecule has 190 valence electrons. The average Bonchev–Trinajstić information content (AvgIpc) is 3.26. The largest absolute Gasteiger partial charge is 0.465 e. The molecule has 37 heavy (non-hydrogen) atoms. The van der Waals surface area contributed by atoms with Crippen molar-refractivity contribution in [2.24, 2.45) is 26.2 Å². The van der Waals surface area contributed by atoms with E-state index in [1.807, 2.05) is 30.3 Å². The smallest absolute Gasteiger partial charge is 0.339 e. The number of carbonyl (C=O) groups is 2. The molecular weight excluding hydrogens is 478 g/mol. The van der Waals surface area contributed by atoms with Gasteiger partial charge in [-0.15, -0.1) is 0 Å². The lowest BCUT2D eigenvalue weighted by Crippen LogP contribution is -2.37. The maximum Gasteiger partial charge on any atom is 0.339 e. The van der Waals surface area contributed by atoms with E-state index in [1.54, 1.807) is 31.5 Å². The Morgan fingerprint density at radius 2 is 1.68 bits per heavy atom. The summed E-state index contributed by atoms with van der Waals surface area (Å²) in [6, 6.07) is 15.7. The maximum absolute atomic E-state index is 13.1. The zero-order valence-corrected chi connectivity index (χ0v) is 20.7. The number of carbonyl (C=O) groups excluding carboxylic acids is 2. The van der Waals surface area contributed by atoms with Crippen LogP contribution in [0.4, 0.5) is 11.6 Å². The Labute approximate surface area is 211 Å². The second kappa shape index (κ2) is 10.3. The van der Waals surface area contributed by atoms with Crippen LogP contribution in [0.25, 0.3) is 11.2 Å². The first-order chi connectivity index (χ1) is 17.7. The summed E-state index contributed by atoms with van der Waals surface area (Å²) in [5, 5.41) is 8.47. The molecule has 0 unspecified atom stereocenters. The number of nitrogens with one attached hydrogen (secondary N) is 1. The van der Waals surface area contributed by atoms with E-state index in [4.69, 9.17) is 4.74 Å². The van der Waals surface area contributed by atoms with Crippen molar-refractivity contribution in [1.82, 2.24) is 18.7 Å². The molecule has 0 fully saturated rings. The molecule has 0 aliphatic carbocycles. The number of imidazole rings is 1. The number of amides is 1. The van der Waals surface area contributed by atoms with E-state index in [1.165, 1.54) is 41.4 Å². The minimum Gasteiger partial charge on any atom is -0.465 e. The molecule has 0 radical (unpaired) electrons. The number of methoxy groups -OCH3 is 1. The topological polar surface area (TPSA) is 133 Å². The van der Waals surface area contributed by atoms with E-state index in [0.29, 0.717) is 0 Å². The van der Waals surface area contributed by atoms with Crippen LogP contribution in [0.1, 0.15) is 15.9 Å². The molecule has 12 nitrogen and oxygen atoms in total. The molecule has 0 bridgehead atoms. The number of ether oxygens (including phenoxy) is 1. The molecular formula is C25H25N7O5. The summed E-state index contributed by atoms with van der Waals surface area (Å²) in [5.74, 6) is -0.936. The van der Waals surface area contributed by atoms with Gasteiger partial charge in [-0.25, -0.2) is 14.6 Å². The lowest BCUT2D eigenvalue weighted by molar-refractivity contribution is -0.115. The van der Waals surface area contributed by atoms with Gasteiger partial charge in [-0.3, -0.25) is 18.7 Å².